The summed E-state index contributed by atoms with van der Waals surface area (Å²) in [5.41, 5.74) is 0. The molecule has 1 atom stereocenters. The number of amides is 1. The molecule has 1 aromatic rings. The zero-order valence-electron chi connectivity index (χ0n) is 13.2. The van der Waals surface area contributed by atoms with Crippen LogP contribution in [-0.2, 0) is 9.53 Å². The van der Waals surface area contributed by atoms with Crippen LogP contribution in [0.5, 0.6) is 0 Å². The van der Waals surface area contributed by atoms with Gasteiger partial charge in [-0.2, -0.15) is 0 Å². The van der Waals surface area contributed by atoms with Crippen LogP contribution in [0, 0.1) is 0 Å². The van der Waals surface area contributed by atoms with Gasteiger partial charge in [-0.05, 0) is 37.6 Å². The lowest BCUT2D eigenvalue weighted by Crippen LogP contribution is -2.43. The molecular formula is C16H26N2O3S. The second-order valence-electron chi connectivity index (χ2n) is 5.73. The van der Waals surface area contributed by atoms with E-state index < -0.39 is 0 Å². The number of nitrogens with one attached hydrogen (secondary N) is 1. The topological polar surface area (TPSA) is 61.8 Å². The Bertz CT molecular complexity index is 431. The highest BCUT2D eigenvalue weighted by molar-refractivity contribution is 7.10. The first-order valence-electron chi connectivity index (χ1n) is 7.96. The molecule has 2 N–H and O–H groups in total. The van der Waals surface area contributed by atoms with E-state index in [0.717, 1.165) is 25.9 Å². The maximum atomic E-state index is 12.1. The second kappa shape index (κ2) is 9.25. The monoisotopic (exact) mass is 326 g/mol. The number of aliphatic hydroxyl groups is 1. The Balaban J connectivity index is 1.64. The van der Waals surface area contributed by atoms with E-state index in [9.17, 15) is 4.79 Å². The van der Waals surface area contributed by atoms with E-state index in [1.807, 2.05) is 24.4 Å². The van der Waals surface area contributed by atoms with Crippen molar-refractivity contribution < 1.29 is 14.6 Å². The van der Waals surface area contributed by atoms with Crippen molar-refractivity contribution in [1.82, 2.24) is 10.2 Å². The molecule has 0 saturated carbocycles. The molecule has 1 aromatic heterocycles. The Hall–Kier alpha value is -0.950. The van der Waals surface area contributed by atoms with E-state index in [4.69, 9.17) is 9.84 Å². The first-order chi connectivity index (χ1) is 10.7. The average molecular weight is 326 g/mol. The maximum absolute atomic E-state index is 12.1. The van der Waals surface area contributed by atoms with Crippen molar-refractivity contribution in [2.24, 2.45) is 0 Å². The molecule has 6 heteroatoms. The number of likely N-dealkylation sites (tertiary alicyclic amines) is 1. The normalized spacial score (nSPS) is 18.3. The van der Waals surface area contributed by atoms with E-state index in [2.05, 4.69) is 10.2 Å². The van der Waals surface area contributed by atoms with Gasteiger partial charge in [0.25, 0.3) is 0 Å². The van der Waals surface area contributed by atoms with Crippen LogP contribution in [0.25, 0.3) is 0 Å². The summed E-state index contributed by atoms with van der Waals surface area (Å²) in [6.07, 6.45) is 2.89. The lowest BCUT2D eigenvalue weighted by atomic mass is 10.1. The lowest BCUT2D eigenvalue weighted by molar-refractivity contribution is -0.123. The first kappa shape index (κ1) is 17.4. The summed E-state index contributed by atoms with van der Waals surface area (Å²) in [7, 11) is 0. The van der Waals surface area contributed by atoms with Gasteiger partial charge in [-0.25, -0.2) is 0 Å². The fourth-order valence-corrected chi connectivity index (χ4v) is 3.38. The van der Waals surface area contributed by atoms with Crippen LogP contribution in [0.1, 0.15) is 37.1 Å². The van der Waals surface area contributed by atoms with Crippen LogP contribution in [0.15, 0.2) is 17.5 Å². The second-order valence-corrected chi connectivity index (χ2v) is 6.71. The van der Waals surface area contributed by atoms with Crippen molar-refractivity contribution in [1.29, 1.82) is 0 Å². The maximum Gasteiger partial charge on any atom is 0.234 e. The Morgan fingerprint density at radius 3 is 2.95 bits per heavy atom. The summed E-state index contributed by atoms with van der Waals surface area (Å²) in [4.78, 5) is 15.5. The Kier molecular flexibility index (Phi) is 7.32. The Morgan fingerprint density at radius 2 is 2.32 bits per heavy atom. The third kappa shape index (κ3) is 5.68. The largest absolute Gasteiger partial charge is 0.396 e. The van der Waals surface area contributed by atoms with Gasteiger partial charge in [0, 0.05) is 31.2 Å². The first-order valence-corrected chi connectivity index (χ1v) is 8.84. The standard InChI is InChI=1S/C16H26N2O3S/c1-13(15-4-2-11-22-15)17-16(20)12-18-7-5-14(6-8-18)21-10-3-9-19/h2,4,11,13-14,19H,3,5-10,12H2,1H3,(H,17,20). The lowest BCUT2D eigenvalue weighted by Gasteiger charge is -2.31. The van der Waals surface area contributed by atoms with Crippen LogP contribution < -0.4 is 5.32 Å². The molecule has 1 aliphatic rings. The predicted octanol–water partition coefficient (Wildman–Crippen LogP) is 1.79. The molecule has 0 bridgehead atoms. The van der Waals surface area contributed by atoms with Crippen molar-refractivity contribution in [3.63, 3.8) is 0 Å². The molecule has 1 aliphatic heterocycles. The van der Waals surface area contributed by atoms with E-state index in [1.54, 1.807) is 11.3 Å². The molecule has 0 aromatic carbocycles. The number of nitrogens with zero attached hydrogens (tertiary/aromatic N) is 1. The SMILES string of the molecule is CC(NC(=O)CN1CCC(OCCCO)CC1)c1cccs1. The van der Waals surface area contributed by atoms with Gasteiger partial charge in [0.05, 0.1) is 18.7 Å². The molecule has 1 fully saturated rings. The summed E-state index contributed by atoms with van der Waals surface area (Å²) in [6, 6.07) is 4.13. The van der Waals surface area contributed by atoms with Crippen molar-refractivity contribution in [2.75, 3.05) is 32.8 Å². The van der Waals surface area contributed by atoms with Gasteiger partial charge in [-0.3, -0.25) is 9.69 Å². The molecule has 1 unspecified atom stereocenters. The van der Waals surface area contributed by atoms with Crippen molar-refractivity contribution in [3.8, 4) is 0 Å². The molecule has 124 valence electrons. The minimum absolute atomic E-state index is 0.0758. The van der Waals surface area contributed by atoms with Crippen LogP contribution in [0.2, 0.25) is 0 Å². The van der Waals surface area contributed by atoms with Gasteiger partial charge in [0.1, 0.15) is 0 Å². The quantitative estimate of drug-likeness (QED) is 0.715. The number of carbonyl (C=O) groups excluding carboxylic acids is 1. The zero-order valence-corrected chi connectivity index (χ0v) is 14.0. The summed E-state index contributed by atoms with van der Waals surface area (Å²) >= 11 is 1.67. The zero-order chi connectivity index (χ0) is 15.8. The highest BCUT2D eigenvalue weighted by atomic mass is 32.1. The summed E-state index contributed by atoms with van der Waals surface area (Å²) < 4.78 is 5.70. The third-order valence-electron chi connectivity index (χ3n) is 3.91. The molecule has 0 aliphatic carbocycles. The molecule has 1 saturated heterocycles. The number of piperidine rings is 1. The Morgan fingerprint density at radius 1 is 1.55 bits per heavy atom. The molecule has 0 radical (unpaired) electrons. The van der Waals surface area contributed by atoms with E-state index in [0.29, 0.717) is 19.6 Å². The molecule has 2 heterocycles. The van der Waals surface area contributed by atoms with Crippen molar-refractivity contribution >= 4 is 17.2 Å². The molecule has 2 rings (SSSR count). The predicted molar refractivity (Wildman–Crippen MR) is 88.0 cm³/mol. The number of aliphatic hydroxyl groups excluding tert-OH is 1. The fraction of sp³-hybridized carbons (Fsp3) is 0.688. The summed E-state index contributed by atoms with van der Waals surface area (Å²) in [6.45, 7) is 5.07. The van der Waals surface area contributed by atoms with Crippen molar-refractivity contribution in [2.45, 2.75) is 38.3 Å². The number of hydrogen-bond acceptors (Lipinski definition) is 5. The number of hydrogen-bond donors (Lipinski definition) is 2. The van der Waals surface area contributed by atoms with Gasteiger partial charge >= 0.3 is 0 Å². The number of carbonyl (C=O) groups is 1. The van der Waals surface area contributed by atoms with Gasteiger partial charge in [0.15, 0.2) is 0 Å². The van der Waals surface area contributed by atoms with Crippen LogP contribution in [0.4, 0.5) is 0 Å². The van der Waals surface area contributed by atoms with E-state index in [1.165, 1.54) is 4.88 Å². The van der Waals surface area contributed by atoms with Crippen LogP contribution >= 0.6 is 11.3 Å². The molecule has 22 heavy (non-hydrogen) atoms. The highest BCUT2D eigenvalue weighted by Gasteiger charge is 2.21. The smallest absolute Gasteiger partial charge is 0.234 e. The highest BCUT2D eigenvalue weighted by Crippen LogP contribution is 2.18. The minimum Gasteiger partial charge on any atom is -0.396 e. The van der Waals surface area contributed by atoms with Crippen LogP contribution in [0.3, 0.4) is 0 Å². The molecule has 1 amide bonds. The fourth-order valence-electron chi connectivity index (χ4n) is 2.65. The van der Waals surface area contributed by atoms with Gasteiger partial charge in [-0.1, -0.05) is 6.07 Å². The van der Waals surface area contributed by atoms with Gasteiger partial charge in [0.2, 0.25) is 5.91 Å². The van der Waals surface area contributed by atoms with Crippen LogP contribution in [-0.4, -0.2) is 54.9 Å². The van der Waals surface area contributed by atoms with E-state index in [-0.39, 0.29) is 24.7 Å². The average Bonchev–Trinajstić information content (AvgIpc) is 3.03. The molecular weight excluding hydrogens is 300 g/mol. The number of ether oxygens (including phenoxy) is 1. The molecule has 5 nitrogen and oxygen atoms in total. The van der Waals surface area contributed by atoms with Gasteiger partial charge < -0.3 is 15.2 Å². The minimum atomic E-state index is 0.0758. The Labute approximate surface area is 136 Å². The summed E-state index contributed by atoms with van der Waals surface area (Å²) in [5.74, 6) is 0.0838. The van der Waals surface area contributed by atoms with E-state index >= 15 is 0 Å². The summed E-state index contributed by atoms with van der Waals surface area (Å²) in [5, 5.41) is 13.8. The number of thiophene rings is 1. The number of rotatable bonds is 8. The molecule has 0 spiro atoms. The van der Waals surface area contributed by atoms with Gasteiger partial charge in [-0.15, -0.1) is 11.3 Å². The van der Waals surface area contributed by atoms with Crippen molar-refractivity contribution in [3.05, 3.63) is 22.4 Å². The third-order valence-corrected chi connectivity index (χ3v) is 4.96.